The van der Waals surface area contributed by atoms with Crippen LogP contribution < -0.4 is 10.1 Å². The van der Waals surface area contributed by atoms with Gasteiger partial charge >= 0.3 is 0 Å². The number of rotatable bonds is 11. The Morgan fingerprint density at radius 2 is 1.83 bits per heavy atom. The van der Waals surface area contributed by atoms with Crippen LogP contribution in [0.4, 0.5) is 4.39 Å². The highest BCUT2D eigenvalue weighted by Gasteiger charge is 2.54. The number of hydrogen-bond donors (Lipinski definition) is 3. The van der Waals surface area contributed by atoms with Gasteiger partial charge in [-0.05, 0) is 60.2 Å². The van der Waals surface area contributed by atoms with E-state index in [9.17, 15) is 19.4 Å². The molecular weight excluding hydrogens is 465 g/mol. The summed E-state index contributed by atoms with van der Waals surface area (Å²) >= 11 is 0. The van der Waals surface area contributed by atoms with Crippen molar-refractivity contribution in [3.05, 3.63) is 53.8 Å². The normalized spacial score (nSPS) is 23.3. The van der Waals surface area contributed by atoms with Crippen LogP contribution in [0.5, 0.6) is 5.75 Å². The monoisotopic (exact) mass is 503 g/mol. The van der Waals surface area contributed by atoms with Gasteiger partial charge < -0.3 is 29.7 Å². The summed E-state index contributed by atoms with van der Waals surface area (Å²) in [6, 6.07) is 11.6. The molecule has 36 heavy (non-hydrogen) atoms. The van der Waals surface area contributed by atoms with Crippen LogP contribution in [-0.2, 0) is 20.7 Å². The molecule has 2 aromatic rings. The van der Waals surface area contributed by atoms with Crippen molar-refractivity contribution in [2.24, 2.45) is 0 Å². The average Bonchev–Trinajstić information content (AvgIpc) is 2.83. The van der Waals surface area contributed by atoms with Gasteiger partial charge in [-0.3, -0.25) is 4.79 Å². The van der Waals surface area contributed by atoms with Gasteiger partial charge in [0.05, 0.1) is 0 Å². The lowest BCUT2D eigenvalue weighted by Gasteiger charge is -2.50. The number of carbonyl (C=O) groups is 1. The van der Waals surface area contributed by atoms with Crippen LogP contribution in [0.25, 0.3) is 11.1 Å². The molecule has 1 aliphatic heterocycles. The van der Waals surface area contributed by atoms with Crippen molar-refractivity contribution in [3.63, 3.8) is 0 Å². The molecule has 4 atom stereocenters. The van der Waals surface area contributed by atoms with Crippen molar-refractivity contribution in [1.82, 2.24) is 5.32 Å². The molecule has 0 aromatic heterocycles. The van der Waals surface area contributed by atoms with E-state index in [1.165, 1.54) is 26.2 Å². The first-order valence-corrected chi connectivity index (χ1v) is 12.6. The molecule has 0 spiro atoms. The summed E-state index contributed by atoms with van der Waals surface area (Å²) in [6.45, 7) is 5.96. The summed E-state index contributed by atoms with van der Waals surface area (Å²) in [5, 5.41) is 24.5. The summed E-state index contributed by atoms with van der Waals surface area (Å²) in [7, 11) is 1.51. The maximum atomic E-state index is 14.0. The Morgan fingerprint density at radius 1 is 1.11 bits per heavy atom. The maximum absolute atomic E-state index is 14.0. The fourth-order valence-electron chi connectivity index (χ4n) is 5.12. The van der Waals surface area contributed by atoms with Crippen LogP contribution in [-0.4, -0.2) is 60.0 Å². The van der Waals surface area contributed by atoms with Gasteiger partial charge in [0.2, 0.25) is 12.2 Å². The van der Waals surface area contributed by atoms with E-state index in [1.807, 2.05) is 19.9 Å². The molecule has 0 bridgehead atoms. The SMILES string of the molecule is CCCC1(CCC)O[C@H](Oc2ccc(CCNC(C)=O)c(-c3cccc(F)c3)c2)[C@H](O)[C@H](O)[C@H]1OC. The lowest BCUT2D eigenvalue weighted by molar-refractivity contribution is -0.319. The first kappa shape index (κ1) is 28.1. The van der Waals surface area contributed by atoms with Crippen LogP contribution >= 0.6 is 0 Å². The molecule has 8 heteroatoms. The van der Waals surface area contributed by atoms with E-state index in [4.69, 9.17) is 14.2 Å². The zero-order chi connectivity index (χ0) is 26.3. The number of aliphatic hydroxyl groups excluding tert-OH is 2. The highest BCUT2D eigenvalue weighted by Crippen LogP contribution is 2.40. The van der Waals surface area contributed by atoms with Crippen molar-refractivity contribution in [1.29, 1.82) is 0 Å². The molecule has 7 nitrogen and oxygen atoms in total. The minimum Gasteiger partial charge on any atom is -0.462 e. The number of ether oxygens (including phenoxy) is 3. The Hall–Kier alpha value is -2.52. The zero-order valence-corrected chi connectivity index (χ0v) is 21.5. The van der Waals surface area contributed by atoms with Crippen molar-refractivity contribution in [3.8, 4) is 16.9 Å². The number of hydrogen-bond acceptors (Lipinski definition) is 6. The third-order valence-corrected chi connectivity index (χ3v) is 6.65. The second kappa shape index (κ2) is 12.6. The van der Waals surface area contributed by atoms with Gasteiger partial charge in [-0.25, -0.2) is 4.39 Å². The van der Waals surface area contributed by atoms with Gasteiger partial charge in [-0.2, -0.15) is 0 Å². The molecule has 2 aromatic carbocycles. The van der Waals surface area contributed by atoms with Crippen molar-refractivity contribution in [2.45, 2.75) is 83.1 Å². The molecule has 3 rings (SSSR count). The highest BCUT2D eigenvalue weighted by molar-refractivity contribution is 5.73. The van der Waals surface area contributed by atoms with Crippen molar-refractivity contribution >= 4 is 5.91 Å². The minimum atomic E-state index is -1.33. The number of halogens is 1. The highest BCUT2D eigenvalue weighted by atomic mass is 19.1. The molecule has 1 aliphatic rings. The van der Waals surface area contributed by atoms with E-state index in [0.717, 1.165) is 24.0 Å². The standard InChI is InChI=1S/C28H38FNO6/c1-5-13-28(14-6-2)26(34-4)24(32)25(33)27(36-28)35-22-11-10-19(12-15-30-18(3)31)23(17-22)20-8-7-9-21(29)16-20/h7-11,16-17,24-27,32-33H,5-6,12-15H2,1-4H3,(H,30,31)/t24-,25+,26+,27-/m0/s1. The van der Waals surface area contributed by atoms with Crippen LogP contribution in [0.15, 0.2) is 42.5 Å². The number of nitrogens with one attached hydrogen (secondary N) is 1. The van der Waals surface area contributed by atoms with E-state index in [0.29, 0.717) is 37.1 Å². The molecule has 0 saturated carbocycles. The molecule has 1 saturated heterocycles. The maximum Gasteiger partial charge on any atom is 0.229 e. The average molecular weight is 504 g/mol. The second-order valence-electron chi connectivity index (χ2n) is 9.37. The van der Waals surface area contributed by atoms with Gasteiger partial charge in [0, 0.05) is 20.6 Å². The van der Waals surface area contributed by atoms with Gasteiger partial charge in [0.1, 0.15) is 35.5 Å². The van der Waals surface area contributed by atoms with Crippen LogP contribution in [0, 0.1) is 5.82 Å². The number of carbonyl (C=O) groups excluding carboxylic acids is 1. The summed E-state index contributed by atoms with van der Waals surface area (Å²) in [5.41, 5.74) is 1.50. The predicted octanol–water partition coefficient (Wildman–Crippen LogP) is 3.98. The fraction of sp³-hybridized carbons (Fsp3) is 0.536. The molecule has 0 aliphatic carbocycles. The fourth-order valence-corrected chi connectivity index (χ4v) is 5.12. The van der Waals surface area contributed by atoms with E-state index in [1.54, 1.807) is 24.3 Å². The molecule has 3 N–H and O–H groups in total. The van der Waals surface area contributed by atoms with Gasteiger partial charge in [-0.15, -0.1) is 0 Å². The third-order valence-electron chi connectivity index (χ3n) is 6.65. The van der Waals surface area contributed by atoms with Crippen molar-refractivity contribution in [2.75, 3.05) is 13.7 Å². The summed E-state index contributed by atoms with van der Waals surface area (Å²) < 4.78 is 32.1. The Kier molecular flexibility index (Phi) is 9.84. The molecule has 1 amide bonds. The zero-order valence-electron chi connectivity index (χ0n) is 21.5. The smallest absolute Gasteiger partial charge is 0.229 e. The molecule has 0 unspecified atom stereocenters. The topological polar surface area (TPSA) is 97.3 Å². The number of aliphatic hydroxyl groups is 2. The molecule has 0 radical (unpaired) electrons. The number of methoxy groups -OCH3 is 1. The van der Waals surface area contributed by atoms with E-state index < -0.39 is 30.2 Å². The lowest BCUT2D eigenvalue weighted by Crippen LogP contribution is -2.66. The first-order valence-electron chi connectivity index (χ1n) is 12.6. The van der Waals surface area contributed by atoms with Gasteiger partial charge in [0.25, 0.3) is 0 Å². The Labute approximate surface area is 212 Å². The van der Waals surface area contributed by atoms with Crippen LogP contribution in [0.3, 0.4) is 0 Å². The molecule has 1 fully saturated rings. The largest absolute Gasteiger partial charge is 0.462 e. The summed E-state index contributed by atoms with van der Waals surface area (Å²) in [6.07, 6.45) is -0.885. The van der Waals surface area contributed by atoms with E-state index in [-0.39, 0.29) is 11.7 Å². The van der Waals surface area contributed by atoms with Crippen LogP contribution in [0.2, 0.25) is 0 Å². The summed E-state index contributed by atoms with van der Waals surface area (Å²) in [4.78, 5) is 11.3. The van der Waals surface area contributed by atoms with Gasteiger partial charge in [-0.1, -0.05) is 44.9 Å². The third kappa shape index (κ3) is 6.42. The Bertz CT molecular complexity index is 1010. The molecule has 198 valence electrons. The molecule has 1 heterocycles. The molecular formula is C28H38FNO6. The second-order valence-corrected chi connectivity index (χ2v) is 9.37. The van der Waals surface area contributed by atoms with Gasteiger partial charge in [0.15, 0.2) is 0 Å². The Balaban J connectivity index is 1.93. The minimum absolute atomic E-state index is 0.124. The first-order chi connectivity index (χ1) is 17.2. The summed E-state index contributed by atoms with van der Waals surface area (Å²) in [5.74, 6) is -0.0804. The lowest BCUT2D eigenvalue weighted by atomic mass is 9.80. The van der Waals surface area contributed by atoms with E-state index in [2.05, 4.69) is 5.32 Å². The van der Waals surface area contributed by atoms with Crippen molar-refractivity contribution < 1.29 is 33.6 Å². The van der Waals surface area contributed by atoms with Crippen LogP contribution in [0.1, 0.15) is 52.0 Å². The van der Waals surface area contributed by atoms with E-state index >= 15 is 0 Å². The number of amides is 1. The Morgan fingerprint density at radius 3 is 2.44 bits per heavy atom. The number of benzene rings is 2. The quantitative estimate of drug-likeness (QED) is 0.429. The predicted molar refractivity (Wildman–Crippen MR) is 135 cm³/mol.